The van der Waals surface area contributed by atoms with E-state index in [1.807, 2.05) is 100 Å². The Balaban J connectivity index is 0.000000159. The van der Waals surface area contributed by atoms with Gasteiger partial charge < -0.3 is 71.6 Å². The van der Waals surface area contributed by atoms with Crippen molar-refractivity contribution in [2.24, 2.45) is 41.1 Å². The molecule has 0 aliphatic carbocycles. The molecule has 40 heteroatoms. The van der Waals surface area contributed by atoms with Crippen LogP contribution in [0.25, 0.3) is 0 Å². The predicted molar refractivity (Wildman–Crippen MR) is 494 cm³/mol. The van der Waals surface area contributed by atoms with Gasteiger partial charge in [0.05, 0.1) is 49.3 Å². The summed E-state index contributed by atoms with van der Waals surface area (Å²) >= 11 is 0. The zero-order chi connectivity index (χ0) is 93.7. The Bertz CT molecular complexity index is 4810. The fourth-order valence-corrected chi connectivity index (χ4v) is 18.5. The normalized spacial score (nSPS) is 18.0. The highest BCUT2D eigenvalue weighted by Gasteiger charge is 2.38. The predicted octanol–water partition coefficient (Wildman–Crippen LogP) is 9.36. The number of H-pyrrole nitrogens is 5. The number of carbonyl (C=O) groups excluding carboxylic acids is 1. The van der Waals surface area contributed by atoms with Crippen molar-refractivity contribution in [3.63, 3.8) is 0 Å². The van der Waals surface area contributed by atoms with Crippen LogP contribution in [0.2, 0.25) is 0 Å². The Labute approximate surface area is 768 Å². The molecule has 10 aromatic rings. The van der Waals surface area contributed by atoms with Crippen molar-refractivity contribution < 1.29 is 59.0 Å². The average molecular weight is 1820 g/mol. The minimum Gasteiger partial charge on any atom is -0.481 e. The first-order valence-electron chi connectivity index (χ1n) is 46.5. The highest BCUT2D eigenvalue weighted by molar-refractivity contribution is 5.83. The summed E-state index contributed by atoms with van der Waals surface area (Å²) in [6.07, 6.45) is 16.5. The number of carboxylic acid groups (broad SMARTS) is 5. The van der Waals surface area contributed by atoms with Crippen LogP contribution >= 0.6 is 0 Å². The number of anilines is 5. The number of carbonyl (C=O) groups is 6. The molecule has 0 radical (unpaired) electrons. The number of nitrogens with one attached hydrogen (secondary N) is 6. The minimum atomic E-state index is -0.851. The van der Waals surface area contributed by atoms with Crippen LogP contribution in [0.4, 0.5) is 28.4 Å². The van der Waals surface area contributed by atoms with Crippen molar-refractivity contribution in [2.45, 2.75) is 211 Å². The van der Waals surface area contributed by atoms with E-state index in [1.54, 1.807) is 0 Å². The van der Waals surface area contributed by atoms with Gasteiger partial charge >= 0.3 is 29.8 Å². The quantitative estimate of drug-likeness (QED) is 0.0170. The third-order valence-electron chi connectivity index (χ3n) is 25.2. The number of aliphatic carboxylic acids is 5. The second-order valence-corrected chi connectivity index (χ2v) is 34.7. The van der Waals surface area contributed by atoms with Crippen LogP contribution in [0, 0.1) is 29.6 Å². The van der Waals surface area contributed by atoms with Gasteiger partial charge in [0.15, 0.2) is 29.1 Å². The van der Waals surface area contributed by atoms with Gasteiger partial charge in [-0.1, -0.05) is 153 Å². The maximum atomic E-state index is 11.9. The van der Waals surface area contributed by atoms with Crippen molar-refractivity contribution in [2.75, 3.05) is 110 Å². The van der Waals surface area contributed by atoms with E-state index in [2.05, 4.69) is 189 Å². The number of morpholine rings is 1. The largest absolute Gasteiger partial charge is 0.481 e. The van der Waals surface area contributed by atoms with E-state index >= 15 is 0 Å². The fourth-order valence-electron chi connectivity index (χ4n) is 18.5. The van der Waals surface area contributed by atoms with Crippen LogP contribution in [-0.2, 0) is 65.6 Å². The van der Waals surface area contributed by atoms with Crippen LogP contribution in [-0.4, -0.2) is 262 Å². The number of piperazine rings is 1. The Morgan fingerprint density at radius 3 is 0.917 bits per heavy atom. The lowest BCUT2D eigenvalue weighted by atomic mass is 9.83. The summed E-state index contributed by atoms with van der Waals surface area (Å²) in [5.74, 6) is -6.15. The molecule has 40 nitrogen and oxygen atoms in total. The van der Waals surface area contributed by atoms with E-state index in [-0.39, 0.29) is 47.6 Å². The Morgan fingerprint density at radius 1 is 0.364 bits per heavy atom. The first kappa shape index (κ1) is 99.7. The highest BCUT2D eigenvalue weighted by Crippen LogP contribution is 2.38. The number of nitrogens with zero attached hydrogens (tertiary/aromatic N) is 20. The van der Waals surface area contributed by atoms with E-state index < -0.39 is 59.4 Å². The average Bonchev–Trinajstić information content (AvgIpc) is 1.62. The summed E-state index contributed by atoms with van der Waals surface area (Å²) in [5, 5.41) is 122. The van der Waals surface area contributed by atoms with Crippen molar-refractivity contribution in [3.8, 4) is 0 Å². The van der Waals surface area contributed by atoms with Crippen LogP contribution in [0.3, 0.4) is 0 Å². The second-order valence-electron chi connectivity index (χ2n) is 34.7. The summed E-state index contributed by atoms with van der Waals surface area (Å²) in [6, 6.07) is 41.5. The molecule has 1 amide bonds. The molecule has 5 fully saturated rings. The molecular weight excluding hydrogens is 1690 g/mol. The van der Waals surface area contributed by atoms with Crippen LogP contribution in [0.1, 0.15) is 224 Å². The molecule has 0 spiro atoms. The number of hydrogen-bond acceptors (Lipinski definition) is 29. The maximum absolute atomic E-state index is 11.9. The number of hydrogen-bond donors (Lipinski definition) is 13. The first-order chi connectivity index (χ1) is 64.1. The summed E-state index contributed by atoms with van der Waals surface area (Å²) in [4.78, 5) is 82.1. The van der Waals surface area contributed by atoms with Crippen molar-refractivity contribution in [3.05, 3.63) is 178 Å². The molecule has 15 N–H and O–H groups in total. The number of ether oxygens (including phenoxy) is 1. The van der Waals surface area contributed by atoms with E-state index in [1.165, 1.54) is 24.9 Å². The van der Waals surface area contributed by atoms with Gasteiger partial charge in [0, 0.05) is 136 Å². The van der Waals surface area contributed by atoms with E-state index in [0.717, 1.165) is 174 Å². The molecular formula is C92H130N28O12. The number of piperidine rings is 2. The minimum absolute atomic E-state index is 0.00483. The summed E-state index contributed by atoms with van der Waals surface area (Å²) < 4.78 is 5.42. The molecule has 0 bridgehead atoms. The van der Waals surface area contributed by atoms with Gasteiger partial charge in [0.2, 0.25) is 5.91 Å². The molecule has 0 saturated carbocycles. The number of amides is 1. The monoisotopic (exact) mass is 1820 g/mol. The summed E-state index contributed by atoms with van der Waals surface area (Å²) in [7, 11) is 0. The number of carboxylic acids is 5. The zero-order valence-corrected chi connectivity index (χ0v) is 76.2. The second kappa shape index (κ2) is 51.7. The van der Waals surface area contributed by atoms with Gasteiger partial charge in [-0.25, -0.2) is 0 Å². The molecule has 15 rings (SSSR count). The third-order valence-corrected chi connectivity index (χ3v) is 25.2. The van der Waals surface area contributed by atoms with Crippen LogP contribution < -0.4 is 41.3 Å². The molecule has 132 heavy (non-hydrogen) atoms. The number of aromatic amines is 5. The number of aromatic nitrogens is 20. The standard InChI is InChI=1S/C19H28N6O2.C19H27N5O2.C18H24N6O3.C18H26N6O2.C18H25N5O3/c1-2-5-16(19(26)27)17(18-21-23-24-22-18)11-13-6-3-8-15(10-13)25-9-4-7-14(20)12-25;1-2-7-16(19(25)26)17(18-20-22-23-21-18)13-14-8-6-9-15(12-14)24-10-4-3-5-11-24;1-2-4-14(18(26)27)15(17-20-22-23-21-17)10-12-5-3-6-13(9-12)24-8-7-19-16(25)11-24;1-2-4-15(18(25)26)16(17-20-22-23-21-17)10-12-5-3-6-14(9-12)24-8-7-13(19)11-24;1-2-4-15(18(24)25)16(17-19-21-22-20-17)12-13-5-3-6-14(11-13)23-7-9-26-10-8-23/h3,6,8,10,14,16-17H,2,4-5,7,9,11-12,20H2,1H3,(H,26,27)(H,21,22,23,24);6,8-9,12,16-17H,2-5,7,10-11,13H2,1H3,(H,25,26)(H,20,21,22,23);3,5-6,9,14-15H,2,4,7-8,10-11H2,1H3,(H,19,25)(H,26,27)(H,20,21,22,23);3,5-6,9,13,15-16H,2,4,7-8,10-11,19H2,1H3,(H,25,26)(H,20,21,22,23);3,5-6,11,15-16H,2,4,7-10,12H2,1H3,(H,24,25)(H,19,20,21,22)/t14-,16-,17-;16-,17-;14-,15-;13-,15-,16-;15-,16-/m00000/s1. The van der Waals surface area contributed by atoms with Gasteiger partial charge in [0.25, 0.3) is 0 Å². The lowest BCUT2D eigenvalue weighted by Crippen LogP contribution is -2.47. The summed E-state index contributed by atoms with van der Waals surface area (Å²) in [5.41, 5.74) is 23.0. The molecule has 12 atom stereocenters. The number of tetrazole rings is 5. The number of nitrogens with two attached hydrogens (primary N) is 2. The fraction of sp³-hybridized carbons (Fsp3) is 0.554. The molecule has 5 aliphatic heterocycles. The smallest absolute Gasteiger partial charge is 0.307 e. The van der Waals surface area contributed by atoms with Gasteiger partial charge in [-0.15, -0.1) is 51.0 Å². The van der Waals surface area contributed by atoms with Crippen molar-refractivity contribution >= 4 is 64.2 Å². The van der Waals surface area contributed by atoms with Gasteiger partial charge in [-0.05, 0) is 191 Å². The molecule has 10 heterocycles. The number of rotatable bonds is 40. The molecule has 5 aromatic carbocycles. The maximum Gasteiger partial charge on any atom is 0.307 e. The van der Waals surface area contributed by atoms with Crippen LogP contribution in [0.5, 0.6) is 0 Å². The molecule has 5 aromatic heterocycles. The molecule has 5 aliphatic rings. The highest BCUT2D eigenvalue weighted by atomic mass is 16.5. The van der Waals surface area contributed by atoms with Crippen LogP contribution in [0.15, 0.2) is 121 Å². The van der Waals surface area contributed by atoms with Gasteiger partial charge in [0.1, 0.15) is 0 Å². The summed E-state index contributed by atoms with van der Waals surface area (Å²) in [6.45, 7) is 20.6. The topological polar surface area (TPSA) is 565 Å². The SMILES string of the molecule is CCC[C@H](C(=O)O)[C@H](Cc1cccc(N2CCCCC2)c1)c1nn[nH]n1.CCC[C@H](C(=O)O)[C@H](Cc1cccc(N2CCC[C@H](N)C2)c1)c1nn[nH]n1.CCC[C@H](C(=O)O)[C@H](Cc1cccc(N2CCNC(=O)C2)c1)c1nn[nH]n1.CCC[C@H](C(=O)O)[C@H](Cc1cccc(N2CCOCC2)c1)c1nn[nH]n1.CCC[C@H](C(=O)O)[C@H](Cc1cccc(N2CC[C@H](N)C2)c1)c1nn[nH]n1. The Hall–Kier alpha value is -12.9. The number of benzene rings is 5. The zero-order valence-electron chi connectivity index (χ0n) is 76.2. The van der Waals surface area contributed by atoms with Crippen molar-refractivity contribution in [1.29, 1.82) is 0 Å². The van der Waals surface area contributed by atoms with E-state index in [4.69, 9.17) is 16.2 Å². The molecule has 0 unspecified atom stereocenters. The lowest BCUT2D eigenvalue weighted by Gasteiger charge is -2.33. The van der Waals surface area contributed by atoms with E-state index in [0.29, 0.717) is 106 Å². The molecule has 5 saturated heterocycles. The first-order valence-corrected chi connectivity index (χ1v) is 46.5. The third kappa shape index (κ3) is 29.3. The lowest BCUT2D eigenvalue weighted by molar-refractivity contribution is -0.144. The van der Waals surface area contributed by atoms with Gasteiger partial charge in [-0.2, -0.15) is 26.1 Å². The Kier molecular flexibility index (Phi) is 39.0. The van der Waals surface area contributed by atoms with Gasteiger partial charge in [-0.3, -0.25) is 28.8 Å². The molecule has 710 valence electrons. The van der Waals surface area contributed by atoms with Crippen molar-refractivity contribution in [1.82, 2.24) is 108 Å². The van der Waals surface area contributed by atoms with E-state index in [9.17, 15) is 54.3 Å². The Morgan fingerprint density at radius 2 is 0.644 bits per heavy atom.